The highest BCUT2D eigenvalue weighted by atomic mass is 79.9. The van der Waals surface area contributed by atoms with Crippen LogP contribution in [0.2, 0.25) is 0 Å². The van der Waals surface area contributed by atoms with Gasteiger partial charge in [0.05, 0.1) is 0 Å². The van der Waals surface area contributed by atoms with E-state index in [0.29, 0.717) is 25.9 Å². The summed E-state index contributed by atoms with van der Waals surface area (Å²) in [5.41, 5.74) is 0.874. The number of amides is 2. The molecule has 0 spiro atoms. The monoisotopic (exact) mass is 404 g/mol. The van der Waals surface area contributed by atoms with Gasteiger partial charge in [0, 0.05) is 29.7 Å². The SMILES string of the molecule is O=C(/C=C/c1ccc(Br)cc1)N1CCC(NC(=O)C(F)(F)F)CC1. The predicted octanol–water partition coefficient (Wildman–Crippen LogP) is 3.13. The lowest BCUT2D eigenvalue weighted by Crippen LogP contribution is -2.49. The molecule has 1 fully saturated rings. The molecule has 0 aromatic heterocycles. The largest absolute Gasteiger partial charge is 0.471 e. The number of nitrogens with zero attached hydrogens (tertiary/aromatic N) is 1. The maximum Gasteiger partial charge on any atom is 0.471 e. The lowest BCUT2D eigenvalue weighted by molar-refractivity contribution is -0.174. The normalized spacial score (nSPS) is 16.4. The van der Waals surface area contributed by atoms with Gasteiger partial charge in [0.15, 0.2) is 0 Å². The Balaban J connectivity index is 1.82. The fourth-order valence-electron chi connectivity index (χ4n) is 2.36. The van der Waals surface area contributed by atoms with Crippen LogP contribution in [0.25, 0.3) is 6.08 Å². The molecule has 0 saturated carbocycles. The highest BCUT2D eigenvalue weighted by Crippen LogP contribution is 2.17. The molecule has 1 aliphatic heterocycles. The Labute approximate surface area is 145 Å². The smallest absolute Gasteiger partial charge is 0.345 e. The van der Waals surface area contributed by atoms with Crippen molar-refractivity contribution in [1.82, 2.24) is 10.2 Å². The highest BCUT2D eigenvalue weighted by molar-refractivity contribution is 9.10. The van der Waals surface area contributed by atoms with E-state index in [1.165, 1.54) is 6.08 Å². The number of piperidine rings is 1. The van der Waals surface area contributed by atoms with Gasteiger partial charge in [0.2, 0.25) is 5.91 Å². The summed E-state index contributed by atoms with van der Waals surface area (Å²) in [5, 5.41) is 1.96. The number of carbonyl (C=O) groups is 2. The molecule has 130 valence electrons. The summed E-state index contributed by atoms with van der Waals surface area (Å²) in [7, 11) is 0. The lowest BCUT2D eigenvalue weighted by Gasteiger charge is -2.31. The Morgan fingerprint density at radius 1 is 1.17 bits per heavy atom. The number of carbonyl (C=O) groups excluding carboxylic acids is 2. The van der Waals surface area contributed by atoms with Crippen molar-refractivity contribution in [3.05, 3.63) is 40.4 Å². The third kappa shape index (κ3) is 5.36. The third-order valence-corrected chi connectivity index (χ3v) is 4.22. The molecule has 1 aromatic carbocycles. The van der Waals surface area contributed by atoms with Crippen molar-refractivity contribution >= 4 is 33.8 Å². The minimum absolute atomic E-state index is 0.196. The summed E-state index contributed by atoms with van der Waals surface area (Å²) in [6, 6.07) is 6.87. The van der Waals surface area contributed by atoms with Crippen LogP contribution in [-0.4, -0.2) is 42.0 Å². The standard InChI is InChI=1S/C16H16BrF3N2O2/c17-12-4-1-11(2-5-12)3-6-14(23)22-9-7-13(8-10-22)21-15(24)16(18,19)20/h1-6,13H,7-10H2,(H,21,24)/b6-3+. The van der Waals surface area contributed by atoms with E-state index < -0.39 is 18.1 Å². The van der Waals surface area contributed by atoms with Crippen molar-refractivity contribution in [3.63, 3.8) is 0 Å². The van der Waals surface area contributed by atoms with Crippen LogP contribution in [-0.2, 0) is 9.59 Å². The summed E-state index contributed by atoms with van der Waals surface area (Å²) in [6.45, 7) is 0.624. The van der Waals surface area contributed by atoms with Crippen LogP contribution < -0.4 is 5.32 Å². The predicted molar refractivity (Wildman–Crippen MR) is 87.0 cm³/mol. The van der Waals surface area contributed by atoms with Gasteiger partial charge < -0.3 is 10.2 Å². The van der Waals surface area contributed by atoms with Gasteiger partial charge in [-0.05, 0) is 36.6 Å². The molecular formula is C16H16BrF3N2O2. The van der Waals surface area contributed by atoms with E-state index in [0.717, 1.165) is 10.0 Å². The molecule has 1 N–H and O–H groups in total. The summed E-state index contributed by atoms with van der Waals surface area (Å²) < 4.78 is 37.6. The summed E-state index contributed by atoms with van der Waals surface area (Å²) >= 11 is 3.32. The van der Waals surface area contributed by atoms with E-state index in [2.05, 4.69) is 15.9 Å². The molecule has 0 bridgehead atoms. The average Bonchev–Trinajstić information content (AvgIpc) is 2.54. The summed E-state index contributed by atoms with van der Waals surface area (Å²) in [6.07, 6.45) is -1.14. The molecule has 2 amide bonds. The summed E-state index contributed by atoms with van der Waals surface area (Å²) in [4.78, 5) is 24.6. The second-order valence-electron chi connectivity index (χ2n) is 5.46. The first-order valence-corrected chi connectivity index (χ1v) is 8.15. The lowest BCUT2D eigenvalue weighted by atomic mass is 10.0. The van der Waals surface area contributed by atoms with Crippen molar-refractivity contribution in [3.8, 4) is 0 Å². The topological polar surface area (TPSA) is 49.4 Å². The molecular weight excluding hydrogens is 389 g/mol. The van der Waals surface area contributed by atoms with Gasteiger partial charge in [-0.25, -0.2) is 0 Å². The zero-order chi connectivity index (χ0) is 17.7. The van der Waals surface area contributed by atoms with E-state index in [1.807, 2.05) is 29.6 Å². The first-order valence-electron chi connectivity index (χ1n) is 7.36. The second kappa shape index (κ2) is 7.83. The molecule has 1 saturated heterocycles. The molecule has 0 unspecified atom stereocenters. The number of nitrogens with one attached hydrogen (secondary N) is 1. The average molecular weight is 405 g/mol. The number of hydrogen-bond acceptors (Lipinski definition) is 2. The maximum atomic E-state index is 12.2. The minimum Gasteiger partial charge on any atom is -0.345 e. The van der Waals surface area contributed by atoms with Crippen molar-refractivity contribution in [2.75, 3.05) is 13.1 Å². The highest BCUT2D eigenvalue weighted by Gasteiger charge is 2.40. The molecule has 0 aliphatic carbocycles. The molecule has 1 aromatic rings. The Morgan fingerprint density at radius 2 is 1.75 bits per heavy atom. The number of rotatable bonds is 3. The summed E-state index contributed by atoms with van der Waals surface area (Å²) in [5.74, 6) is -2.12. The quantitative estimate of drug-likeness (QED) is 0.786. The van der Waals surface area contributed by atoms with Gasteiger partial charge >= 0.3 is 12.1 Å². The van der Waals surface area contributed by atoms with Crippen LogP contribution in [0, 0.1) is 0 Å². The molecule has 4 nitrogen and oxygen atoms in total. The number of hydrogen-bond donors (Lipinski definition) is 1. The Morgan fingerprint density at radius 3 is 2.29 bits per heavy atom. The van der Waals surface area contributed by atoms with Crippen molar-refractivity contribution in [1.29, 1.82) is 0 Å². The fourth-order valence-corrected chi connectivity index (χ4v) is 2.62. The molecule has 24 heavy (non-hydrogen) atoms. The molecule has 8 heteroatoms. The number of halogens is 4. The van der Waals surface area contributed by atoms with Gasteiger partial charge in [-0.3, -0.25) is 9.59 Å². The van der Waals surface area contributed by atoms with Gasteiger partial charge in [0.25, 0.3) is 0 Å². The first kappa shape index (κ1) is 18.5. The van der Waals surface area contributed by atoms with Crippen LogP contribution >= 0.6 is 15.9 Å². The Hall–Kier alpha value is -1.83. The molecule has 0 radical (unpaired) electrons. The van der Waals surface area contributed by atoms with Crippen molar-refractivity contribution in [2.24, 2.45) is 0 Å². The third-order valence-electron chi connectivity index (χ3n) is 3.69. The van der Waals surface area contributed by atoms with Crippen molar-refractivity contribution < 1.29 is 22.8 Å². The molecule has 2 rings (SSSR count). The van der Waals surface area contributed by atoms with Gasteiger partial charge in [-0.2, -0.15) is 13.2 Å². The van der Waals surface area contributed by atoms with E-state index in [4.69, 9.17) is 0 Å². The van der Waals surface area contributed by atoms with Gasteiger partial charge in [0.1, 0.15) is 0 Å². The zero-order valence-electron chi connectivity index (χ0n) is 12.6. The van der Waals surface area contributed by atoms with Gasteiger partial charge in [-0.15, -0.1) is 0 Å². The van der Waals surface area contributed by atoms with Crippen LogP contribution in [0.3, 0.4) is 0 Å². The van der Waals surface area contributed by atoms with E-state index in [1.54, 1.807) is 11.0 Å². The van der Waals surface area contributed by atoms with Crippen molar-refractivity contribution in [2.45, 2.75) is 25.1 Å². The Bertz CT molecular complexity index is 621. The second-order valence-corrected chi connectivity index (χ2v) is 6.37. The molecule has 1 aliphatic rings. The maximum absolute atomic E-state index is 12.2. The number of alkyl halides is 3. The van der Waals surface area contributed by atoms with Crippen LogP contribution in [0.5, 0.6) is 0 Å². The van der Waals surface area contributed by atoms with Crippen LogP contribution in [0.15, 0.2) is 34.8 Å². The first-order chi connectivity index (χ1) is 11.3. The minimum atomic E-state index is -4.87. The van der Waals surface area contributed by atoms with Gasteiger partial charge in [-0.1, -0.05) is 28.1 Å². The van der Waals surface area contributed by atoms with Crippen LogP contribution in [0.1, 0.15) is 18.4 Å². The van der Waals surface area contributed by atoms with E-state index in [9.17, 15) is 22.8 Å². The van der Waals surface area contributed by atoms with E-state index in [-0.39, 0.29) is 5.91 Å². The van der Waals surface area contributed by atoms with Crippen LogP contribution in [0.4, 0.5) is 13.2 Å². The zero-order valence-corrected chi connectivity index (χ0v) is 14.2. The number of likely N-dealkylation sites (tertiary alicyclic amines) is 1. The molecule has 1 heterocycles. The fraction of sp³-hybridized carbons (Fsp3) is 0.375. The Kier molecular flexibility index (Phi) is 6.04. The number of benzene rings is 1. The molecule has 0 atom stereocenters. The van der Waals surface area contributed by atoms with E-state index >= 15 is 0 Å².